The van der Waals surface area contributed by atoms with Gasteiger partial charge >= 0.3 is 5.97 Å². The lowest BCUT2D eigenvalue weighted by molar-refractivity contribution is -0.138. The fourth-order valence-electron chi connectivity index (χ4n) is 6.68. The molecule has 38 heavy (non-hydrogen) atoms. The van der Waals surface area contributed by atoms with E-state index >= 15 is 0 Å². The van der Waals surface area contributed by atoms with Crippen LogP contribution >= 0.6 is 0 Å². The number of benzene rings is 3. The van der Waals surface area contributed by atoms with Crippen LogP contribution in [0, 0.1) is 0 Å². The first-order chi connectivity index (χ1) is 18.5. The van der Waals surface area contributed by atoms with Crippen LogP contribution in [0.1, 0.15) is 98.2 Å². The highest BCUT2D eigenvalue weighted by atomic mass is 16.4. The first kappa shape index (κ1) is 26.4. The third-order valence-corrected chi connectivity index (χ3v) is 8.66. The lowest BCUT2D eigenvalue weighted by Gasteiger charge is -2.34. The number of amides is 1. The van der Waals surface area contributed by atoms with E-state index in [4.69, 9.17) is 0 Å². The molecular weight excluding hydrogens is 472 g/mol. The van der Waals surface area contributed by atoms with Crippen molar-refractivity contribution in [1.29, 1.82) is 0 Å². The zero-order valence-corrected chi connectivity index (χ0v) is 22.4. The van der Waals surface area contributed by atoms with Crippen LogP contribution in [0.3, 0.4) is 0 Å². The lowest BCUT2D eigenvalue weighted by atomic mass is 9.80. The summed E-state index contributed by atoms with van der Waals surface area (Å²) in [5, 5.41) is 15.9. The van der Waals surface area contributed by atoms with Crippen molar-refractivity contribution in [1.82, 2.24) is 10.2 Å². The van der Waals surface area contributed by atoms with Gasteiger partial charge in [-0.05, 0) is 79.0 Å². The van der Waals surface area contributed by atoms with Crippen molar-refractivity contribution in [2.24, 2.45) is 0 Å². The van der Waals surface area contributed by atoms with E-state index in [2.05, 4.69) is 66.8 Å². The molecule has 0 saturated heterocycles. The maximum absolute atomic E-state index is 13.3. The van der Waals surface area contributed by atoms with Gasteiger partial charge in [-0.2, -0.15) is 0 Å². The Bertz CT molecular complexity index is 1240. The quantitative estimate of drug-likeness (QED) is 0.338. The number of carbonyl (C=O) groups excluding carboxylic acids is 1. The molecule has 0 radical (unpaired) electrons. The number of carboxylic acid groups (broad SMARTS) is 1. The molecule has 0 spiro atoms. The van der Waals surface area contributed by atoms with Gasteiger partial charge < -0.3 is 15.3 Å². The molecule has 200 valence electrons. The molecule has 3 atom stereocenters. The third kappa shape index (κ3) is 6.10. The number of carbonyl (C=O) groups is 2. The molecular formula is C33H40N2O3. The van der Waals surface area contributed by atoms with Crippen molar-refractivity contribution in [2.45, 2.75) is 88.8 Å². The molecule has 0 aliphatic heterocycles. The van der Waals surface area contributed by atoms with Crippen molar-refractivity contribution in [3.63, 3.8) is 0 Å². The molecule has 5 nitrogen and oxygen atoms in total. The Morgan fingerprint density at radius 1 is 0.895 bits per heavy atom. The predicted octanol–water partition coefficient (Wildman–Crippen LogP) is 7.08. The maximum Gasteiger partial charge on any atom is 0.323 e. The average molecular weight is 513 g/mol. The molecule has 0 aromatic heterocycles. The summed E-state index contributed by atoms with van der Waals surface area (Å²) in [5.41, 5.74) is 3.21. The molecule has 5 rings (SSSR count). The van der Waals surface area contributed by atoms with Gasteiger partial charge in [0.25, 0.3) is 5.91 Å². The van der Waals surface area contributed by atoms with E-state index in [1.165, 1.54) is 34.7 Å². The first-order valence-electron chi connectivity index (χ1n) is 14.4. The normalized spacial score (nSPS) is 21.2. The Morgan fingerprint density at radius 3 is 2.39 bits per heavy atom. The SMILES string of the molecule is C[C@@H](NC1CCCC(c2ccc(C(=O)N(CC(=O)O)C3CCCCC3)cc2)C1)c1cccc2ccccc12. The highest BCUT2D eigenvalue weighted by Gasteiger charge is 2.29. The van der Waals surface area contributed by atoms with Crippen LogP contribution in [-0.2, 0) is 4.79 Å². The fourth-order valence-corrected chi connectivity index (χ4v) is 6.68. The summed E-state index contributed by atoms with van der Waals surface area (Å²) in [4.78, 5) is 26.4. The van der Waals surface area contributed by atoms with Gasteiger partial charge in [0, 0.05) is 23.7 Å². The number of nitrogens with one attached hydrogen (secondary N) is 1. The van der Waals surface area contributed by atoms with Crippen LogP contribution in [0.5, 0.6) is 0 Å². The Balaban J connectivity index is 1.24. The van der Waals surface area contributed by atoms with Crippen molar-refractivity contribution in [2.75, 3.05) is 6.54 Å². The zero-order chi connectivity index (χ0) is 26.5. The highest BCUT2D eigenvalue weighted by Crippen LogP contribution is 2.35. The zero-order valence-electron chi connectivity index (χ0n) is 22.4. The van der Waals surface area contributed by atoms with Crippen LogP contribution in [0.15, 0.2) is 66.7 Å². The second kappa shape index (κ2) is 12.1. The van der Waals surface area contributed by atoms with Gasteiger partial charge in [0.05, 0.1) is 0 Å². The molecule has 3 aromatic carbocycles. The number of carboxylic acids is 1. The summed E-state index contributed by atoms with van der Waals surface area (Å²) in [6.07, 6.45) is 9.66. The van der Waals surface area contributed by atoms with E-state index in [0.717, 1.165) is 44.9 Å². The molecule has 2 unspecified atom stereocenters. The maximum atomic E-state index is 13.3. The monoisotopic (exact) mass is 512 g/mol. The summed E-state index contributed by atoms with van der Waals surface area (Å²) in [5.74, 6) is -0.643. The number of nitrogens with zero attached hydrogens (tertiary/aromatic N) is 1. The Morgan fingerprint density at radius 2 is 1.63 bits per heavy atom. The van der Waals surface area contributed by atoms with Gasteiger partial charge in [-0.1, -0.05) is 80.3 Å². The molecule has 2 aliphatic carbocycles. The largest absolute Gasteiger partial charge is 0.480 e. The molecule has 0 heterocycles. The summed E-state index contributed by atoms with van der Waals surface area (Å²) >= 11 is 0. The van der Waals surface area contributed by atoms with E-state index in [-0.39, 0.29) is 24.5 Å². The smallest absolute Gasteiger partial charge is 0.323 e. The second-order valence-electron chi connectivity index (χ2n) is 11.3. The topological polar surface area (TPSA) is 69.6 Å². The van der Waals surface area contributed by atoms with Crippen LogP contribution in [0.2, 0.25) is 0 Å². The Hall–Kier alpha value is -3.18. The highest BCUT2D eigenvalue weighted by molar-refractivity contribution is 5.96. The van der Waals surface area contributed by atoms with Crippen LogP contribution < -0.4 is 5.32 Å². The van der Waals surface area contributed by atoms with E-state index < -0.39 is 5.97 Å². The summed E-state index contributed by atoms with van der Waals surface area (Å²) in [6.45, 7) is 2.04. The van der Waals surface area contributed by atoms with Gasteiger partial charge in [0.2, 0.25) is 0 Å². The average Bonchev–Trinajstić information content (AvgIpc) is 2.96. The minimum atomic E-state index is -0.945. The third-order valence-electron chi connectivity index (χ3n) is 8.66. The molecule has 2 aliphatic rings. The summed E-state index contributed by atoms with van der Waals surface area (Å²) in [6, 6.07) is 23.9. The van der Waals surface area contributed by atoms with Gasteiger partial charge in [0.1, 0.15) is 6.54 Å². The summed E-state index contributed by atoms with van der Waals surface area (Å²) < 4.78 is 0. The van der Waals surface area contributed by atoms with Crippen molar-refractivity contribution in [3.05, 3.63) is 83.4 Å². The number of hydrogen-bond acceptors (Lipinski definition) is 3. The minimum Gasteiger partial charge on any atom is -0.480 e. The Kier molecular flexibility index (Phi) is 8.43. The van der Waals surface area contributed by atoms with Crippen molar-refractivity contribution in [3.8, 4) is 0 Å². The molecule has 0 bridgehead atoms. The standard InChI is InChI=1S/C33H40N2O3/c1-23(30-16-8-10-25-9-5-6-15-31(25)30)34-28-12-7-11-27(21-28)24-17-19-26(20-18-24)33(38)35(22-32(36)37)29-13-3-2-4-14-29/h5-6,8-10,15-20,23,27-29,34H,2-4,7,11-14,21-22H2,1H3,(H,36,37)/t23-,27?,28?/m1/s1. The summed E-state index contributed by atoms with van der Waals surface area (Å²) in [7, 11) is 0. The number of rotatable bonds is 8. The lowest BCUT2D eigenvalue weighted by Crippen LogP contribution is -2.44. The fraction of sp³-hybridized carbons (Fsp3) is 0.455. The first-order valence-corrected chi connectivity index (χ1v) is 14.4. The van der Waals surface area contributed by atoms with Crippen LogP contribution in [0.4, 0.5) is 0 Å². The number of fused-ring (bicyclic) bond motifs is 1. The number of aliphatic carboxylic acids is 1. The van der Waals surface area contributed by atoms with Gasteiger partial charge in [0.15, 0.2) is 0 Å². The van der Waals surface area contributed by atoms with E-state index in [1.807, 2.05) is 12.1 Å². The van der Waals surface area contributed by atoms with Crippen molar-refractivity contribution < 1.29 is 14.7 Å². The van der Waals surface area contributed by atoms with Gasteiger partial charge in [-0.15, -0.1) is 0 Å². The molecule has 5 heteroatoms. The molecule has 2 N–H and O–H groups in total. The molecule has 2 fully saturated rings. The Labute approximate surface area is 226 Å². The van der Waals surface area contributed by atoms with E-state index in [0.29, 0.717) is 17.5 Å². The van der Waals surface area contributed by atoms with E-state index in [9.17, 15) is 14.7 Å². The molecule has 3 aromatic rings. The van der Waals surface area contributed by atoms with Gasteiger partial charge in [-0.3, -0.25) is 9.59 Å². The predicted molar refractivity (Wildman–Crippen MR) is 152 cm³/mol. The molecule has 1 amide bonds. The van der Waals surface area contributed by atoms with Crippen molar-refractivity contribution >= 4 is 22.6 Å². The van der Waals surface area contributed by atoms with Crippen LogP contribution in [0.25, 0.3) is 10.8 Å². The number of hydrogen-bond donors (Lipinski definition) is 2. The van der Waals surface area contributed by atoms with E-state index in [1.54, 1.807) is 4.90 Å². The minimum absolute atomic E-state index is 0.0286. The van der Waals surface area contributed by atoms with Gasteiger partial charge in [-0.25, -0.2) is 0 Å². The van der Waals surface area contributed by atoms with Crippen LogP contribution in [-0.4, -0.2) is 40.5 Å². The second-order valence-corrected chi connectivity index (χ2v) is 11.3. The molecule has 2 saturated carbocycles.